The van der Waals surface area contributed by atoms with E-state index in [1.54, 1.807) is 6.92 Å². The van der Waals surface area contributed by atoms with Crippen LogP contribution in [-0.2, 0) is 9.05 Å². The van der Waals surface area contributed by atoms with E-state index in [9.17, 15) is 17.6 Å². The number of hydrogen-bond donors (Lipinski definition) is 0. The zero-order valence-electron chi connectivity index (χ0n) is 11.0. The Labute approximate surface area is 121 Å². The van der Waals surface area contributed by atoms with Gasteiger partial charge in [-0.25, -0.2) is 12.8 Å². The molecule has 0 heterocycles. The number of halogens is 2. The fraction of sp³-hybridized carbons (Fsp3) is 0.462. The molecule has 0 N–H and O–H groups in total. The first-order valence-corrected chi connectivity index (χ1v) is 8.67. The average molecular weight is 320 g/mol. The van der Waals surface area contributed by atoms with E-state index in [4.69, 9.17) is 10.7 Å². The van der Waals surface area contributed by atoms with Gasteiger partial charge in [0.15, 0.2) is 0 Å². The van der Waals surface area contributed by atoms with Gasteiger partial charge in [-0.15, -0.1) is 0 Å². The first-order valence-electron chi connectivity index (χ1n) is 6.36. The van der Waals surface area contributed by atoms with Crippen molar-refractivity contribution < 1.29 is 17.6 Å². The summed E-state index contributed by atoms with van der Waals surface area (Å²) in [5, 5.41) is 0. The fourth-order valence-electron chi connectivity index (χ4n) is 2.02. The third-order valence-electron chi connectivity index (χ3n) is 3.28. The lowest BCUT2D eigenvalue weighted by Crippen LogP contribution is -2.33. The third-order valence-corrected chi connectivity index (χ3v) is 4.66. The minimum atomic E-state index is -4.09. The molecular formula is C13H15ClFNO3S. The lowest BCUT2D eigenvalue weighted by Gasteiger charge is -2.21. The average Bonchev–Trinajstić information content (AvgIpc) is 3.17. The molecule has 1 fully saturated rings. The third kappa shape index (κ3) is 3.49. The normalized spacial score (nSPS) is 15.2. The van der Waals surface area contributed by atoms with Crippen LogP contribution in [0.2, 0.25) is 0 Å². The summed E-state index contributed by atoms with van der Waals surface area (Å²) < 4.78 is 36.3. The largest absolute Gasteiger partial charge is 0.339 e. The molecule has 0 bridgehead atoms. The van der Waals surface area contributed by atoms with Crippen LogP contribution in [0.25, 0.3) is 0 Å². The summed E-state index contributed by atoms with van der Waals surface area (Å²) in [5.41, 5.74) is -0.206. The van der Waals surface area contributed by atoms with E-state index in [0.717, 1.165) is 31.0 Å². The number of benzene rings is 1. The van der Waals surface area contributed by atoms with Crippen LogP contribution in [0.1, 0.15) is 30.1 Å². The maximum atomic E-state index is 13.3. The number of rotatable bonds is 5. The molecule has 0 aromatic heterocycles. The van der Waals surface area contributed by atoms with Crippen LogP contribution < -0.4 is 0 Å². The fourth-order valence-corrected chi connectivity index (χ4v) is 3.06. The SMILES string of the molecule is CCN(CC1CC1)C(=O)c1cc(F)ccc1S(=O)(=O)Cl. The molecule has 1 aromatic rings. The van der Waals surface area contributed by atoms with E-state index in [0.29, 0.717) is 19.0 Å². The van der Waals surface area contributed by atoms with Crippen LogP contribution in [0.4, 0.5) is 4.39 Å². The maximum absolute atomic E-state index is 13.3. The predicted octanol–water partition coefficient (Wildman–Crippen LogP) is 2.63. The Morgan fingerprint density at radius 3 is 2.60 bits per heavy atom. The van der Waals surface area contributed by atoms with Gasteiger partial charge in [0.2, 0.25) is 0 Å². The lowest BCUT2D eigenvalue weighted by atomic mass is 10.2. The van der Waals surface area contributed by atoms with Crippen LogP contribution in [-0.4, -0.2) is 32.3 Å². The minimum Gasteiger partial charge on any atom is -0.339 e. The molecule has 2 rings (SSSR count). The van der Waals surface area contributed by atoms with E-state index in [2.05, 4.69) is 0 Å². The summed E-state index contributed by atoms with van der Waals surface area (Å²) in [5.74, 6) is -0.707. The van der Waals surface area contributed by atoms with E-state index in [1.807, 2.05) is 0 Å². The molecule has 110 valence electrons. The molecule has 1 amide bonds. The van der Waals surface area contributed by atoms with Gasteiger partial charge >= 0.3 is 0 Å². The molecule has 1 aliphatic carbocycles. The number of amides is 1. The second-order valence-electron chi connectivity index (χ2n) is 4.87. The van der Waals surface area contributed by atoms with E-state index in [1.165, 1.54) is 4.90 Å². The minimum absolute atomic E-state index is 0.206. The highest BCUT2D eigenvalue weighted by atomic mass is 35.7. The second kappa shape index (κ2) is 5.69. The van der Waals surface area contributed by atoms with E-state index < -0.39 is 20.8 Å². The summed E-state index contributed by atoms with van der Waals surface area (Å²) in [6.07, 6.45) is 2.13. The van der Waals surface area contributed by atoms with Crippen LogP contribution in [0, 0.1) is 11.7 Å². The van der Waals surface area contributed by atoms with Crippen molar-refractivity contribution in [3.8, 4) is 0 Å². The molecule has 1 saturated carbocycles. The molecular weight excluding hydrogens is 305 g/mol. The zero-order valence-corrected chi connectivity index (χ0v) is 12.5. The molecule has 4 nitrogen and oxygen atoms in total. The van der Waals surface area contributed by atoms with Gasteiger partial charge in [-0.1, -0.05) is 0 Å². The van der Waals surface area contributed by atoms with Crippen molar-refractivity contribution in [2.45, 2.75) is 24.7 Å². The van der Waals surface area contributed by atoms with Gasteiger partial charge < -0.3 is 4.90 Å². The zero-order chi connectivity index (χ0) is 14.9. The van der Waals surface area contributed by atoms with E-state index >= 15 is 0 Å². The Morgan fingerprint density at radius 1 is 1.45 bits per heavy atom. The van der Waals surface area contributed by atoms with Crippen LogP contribution in [0.15, 0.2) is 23.1 Å². The standard InChI is InChI=1S/C13H15ClFNO3S/c1-2-16(8-9-3-4-9)13(17)11-7-10(15)5-6-12(11)20(14,18)19/h5-7,9H,2-4,8H2,1H3. The molecule has 1 aliphatic rings. The number of hydrogen-bond acceptors (Lipinski definition) is 3. The first-order chi connectivity index (χ1) is 9.32. The number of carbonyl (C=O) groups excluding carboxylic acids is 1. The predicted molar refractivity (Wildman–Crippen MR) is 73.7 cm³/mol. The summed E-state index contributed by atoms with van der Waals surface area (Å²) in [6.45, 7) is 2.80. The van der Waals surface area contributed by atoms with Gasteiger partial charge in [-0.2, -0.15) is 0 Å². The molecule has 20 heavy (non-hydrogen) atoms. The van der Waals surface area contributed by atoms with Crippen molar-refractivity contribution in [2.24, 2.45) is 5.92 Å². The summed E-state index contributed by atoms with van der Waals surface area (Å²) in [4.78, 5) is 13.6. The highest BCUT2D eigenvalue weighted by molar-refractivity contribution is 8.13. The molecule has 0 saturated heterocycles. The van der Waals surface area contributed by atoms with Gasteiger partial charge in [0.05, 0.1) is 10.5 Å². The highest BCUT2D eigenvalue weighted by Crippen LogP contribution is 2.31. The van der Waals surface area contributed by atoms with Crippen molar-refractivity contribution in [3.63, 3.8) is 0 Å². The van der Waals surface area contributed by atoms with Crippen LogP contribution in [0.5, 0.6) is 0 Å². The van der Waals surface area contributed by atoms with Crippen LogP contribution in [0.3, 0.4) is 0 Å². The first kappa shape index (κ1) is 15.3. The molecule has 1 aromatic carbocycles. The number of carbonyl (C=O) groups is 1. The Kier molecular flexibility index (Phi) is 4.34. The second-order valence-corrected chi connectivity index (χ2v) is 7.40. The van der Waals surface area contributed by atoms with Crippen LogP contribution >= 0.6 is 10.7 Å². The van der Waals surface area contributed by atoms with Gasteiger partial charge in [0.25, 0.3) is 15.0 Å². The topological polar surface area (TPSA) is 54.5 Å². The van der Waals surface area contributed by atoms with Gasteiger partial charge in [-0.05, 0) is 43.9 Å². The molecule has 0 aliphatic heterocycles. The van der Waals surface area contributed by atoms with Crippen molar-refractivity contribution in [1.82, 2.24) is 4.90 Å². The lowest BCUT2D eigenvalue weighted by molar-refractivity contribution is 0.0752. The maximum Gasteiger partial charge on any atom is 0.262 e. The molecule has 0 atom stereocenters. The smallest absolute Gasteiger partial charge is 0.262 e. The van der Waals surface area contributed by atoms with Gasteiger partial charge in [0, 0.05) is 23.8 Å². The monoisotopic (exact) mass is 319 g/mol. The Morgan fingerprint density at radius 2 is 2.10 bits per heavy atom. The van der Waals surface area contributed by atoms with Crippen molar-refractivity contribution in [1.29, 1.82) is 0 Å². The molecule has 0 spiro atoms. The molecule has 7 heteroatoms. The quantitative estimate of drug-likeness (QED) is 0.784. The Bertz CT molecular complexity index is 629. The highest BCUT2D eigenvalue weighted by Gasteiger charge is 2.29. The summed E-state index contributed by atoms with van der Waals surface area (Å²) in [7, 11) is 1.21. The number of nitrogens with zero attached hydrogens (tertiary/aromatic N) is 1. The van der Waals surface area contributed by atoms with Crippen molar-refractivity contribution in [3.05, 3.63) is 29.6 Å². The van der Waals surface area contributed by atoms with Crippen molar-refractivity contribution in [2.75, 3.05) is 13.1 Å². The Balaban J connectivity index is 2.38. The van der Waals surface area contributed by atoms with Gasteiger partial charge in [-0.3, -0.25) is 4.79 Å². The van der Waals surface area contributed by atoms with Crippen molar-refractivity contribution >= 4 is 25.6 Å². The molecule has 0 unspecified atom stereocenters. The summed E-state index contributed by atoms with van der Waals surface area (Å²) >= 11 is 0. The molecule has 0 radical (unpaired) electrons. The summed E-state index contributed by atoms with van der Waals surface area (Å²) in [6, 6.07) is 2.92. The van der Waals surface area contributed by atoms with E-state index in [-0.39, 0.29) is 10.5 Å². The Hall–Kier alpha value is -1.14. The van der Waals surface area contributed by atoms with Gasteiger partial charge in [0.1, 0.15) is 5.82 Å².